The van der Waals surface area contributed by atoms with Crippen LogP contribution >= 0.6 is 11.6 Å². The highest BCUT2D eigenvalue weighted by molar-refractivity contribution is 6.31. The Labute approximate surface area is 131 Å². The van der Waals surface area contributed by atoms with Gasteiger partial charge in [0, 0.05) is 15.9 Å². The first-order valence-corrected chi connectivity index (χ1v) is 7.50. The minimum atomic E-state index is -0.623. The minimum Gasteiger partial charge on any atom is -0.388 e. The van der Waals surface area contributed by atoms with Gasteiger partial charge >= 0.3 is 0 Å². The number of ether oxygens (including phenoxy) is 2. The standard InChI is InChI=1S/C15H15ClN2O4/c16-8-1-2-9-7(3-8)4-10(17-9)15(20)18-11-5-21-14-12(19)6-22-13(11)14/h1-4,11-14,17,19H,5-6H2,(H,18,20)/t11-,12-,13-,14-/m1/s1. The zero-order valence-electron chi connectivity index (χ0n) is 11.6. The van der Waals surface area contributed by atoms with Crippen LogP contribution in [0.3, 0.4) is 0 Å². The van der Waals surface area contributed by atoms with Crippen molar-refractivity contribution in [1.82, 2.24) is 10.3 Å². The molecule has 1 aromatic heterocycles. The summed E-state index contributed by atoms with van der Waals surface area (Å²) >= 11 is 5.95. The van der Waals surface area contributed by atoms with E-state index >= 15 is 0 Å². The highest BCUT2D eigenvalue weighted by atomic mass is 35.5. The summed E-state index contributed by atoms with van der Waals surface area (Å²) in [7, 11) is 0. The summed E-state index contributed by atoms with van der Waals surface area (Å²) in [5.41, 5.74) is 1.31. The molecule has 0 unspecified atom stereocenters. The summed E-state index contributed by atoms with van der Waals surface area (Å²) in [5.74, 6) is -0.230. The number of fused-ring (bicyclic) bond motifs is 2. The molecule has 2 fully saturated rings. The maximum Gasteiger partial charge on any atom is 0.268 e. The van der Waals surface area contributed by atoms with E-state index in [2.05, 4.69) is 10.3 Å². The summed E-state index contributed by atoms with van der Waals surface area (Å²) in [6, 6.07) is 6.90. The summed E-state index contributed by atoms with van der Waals surface area (Å²) in [6.45, 7) is 0.580. The van der Waals surface area contributed by atoms with E-state index in [-0.39, 0.29) is 30.8 Å². The number of hydrogen-bond acceptors (Lipinski definition) is 4. The average Bonchev–Trinajstić information content (AvgIpc) is 3.16. The van der Waals surface area contributed by atoms with Crippen molar-refractivity contribution < 1.29 is 19.4 Å². The topological polar surface area (TPSA) is 83.6 Å². The van der Waals surface area contributed by atoms with Gasteiger partial charge in [0.2, 0.25) is 0 Å². The largest absolute Gasteiger partial charge is 0.388 e. The Bertz CT molecular complexity index is 731. The van der Waals surface area contributed by atoms with Crippen LogP contribution in [0.2, 0.25) is 5.02 Å². The molecule has 2 aliphatic heterocycles. The first-order valence-electron chi connectivity index (χ1n) is 7.12. The molecule has 0 aliphatic carbocycles. The number of amides is 1. The molecule has 2 saturated heterocycles. The third-order valence-electron chi connectivity index (χ3n) is 4.17. The molecule has 22 heavy (non-hydrogen) atoms. The maximum absolute atomic E-state index is 12.4. The highest BCUT2D eigenvalue weighted by Crippen LogP contribution is 2.27. The van der Waals surface area contributed by atoms with Crippen molar-refractivity contribution in [1.29, 1.82) is 0 Å². The van der Waals surface area contributed by atoms with Crippen LogP contribution in [0.4, 0.5) is 0 Å². The van der Waals surface area contributed by atoms with Gasteiger partial charge in [-0.1, -0.05) is 11.6 Å². The number of aromatic nitrogens is 1. The quantitative estimate of drug-likeness (QED) is 0.772. The lowest BCUT2D eigenvalue weighted by molar-refractivity contribution is 0.0178. The van der Waals surface area contributed by atoms with E-state index in [9.17, 15) is 9.90 Å². The van der Waals surface area contributed by atoms with Gasteiger partial charge in [0.05, 0.1) is 19.3 Å². The third-order valence-corrected chi connectivity index (χ3v) is 4.41. The lowest BCUT2D eigenvalue weighted by Crippen LogP contribution is -2.44. The fraction of sp³-hybridized carbons (Fsp3) is 0.400. The number of halogens is 1. The number of rotatable bonds is 2. The molecule has 4 rings (SSSR count). The van der Waals surface area contributed by atoms with Gasteiger partial charge in [-0.25, -0.2) is 0 Å². The van der Waals surface area contributed by atoms with E-state index in [1.165, 1.54) is 0 Å². The molecular formula is C15H15ClN2O4. The van der Waals surface area contributed by atoms with Crippen LogP contribution in [0.15, 0.2) is 24.3 Å². The van der Waals surface area contributed by atoms with Gasteiger partial charge in [-0.15, -0.1) is 0 Å². The minimum absolute atomic E-state index is 0.230. The van der Waals surface area contributed by atoms with Crippen molar-refractivity contribution in [3.63, 3.8) is 0 Å². The van der Waals surface area contributed by atoms with Crippen molar-refractivity contribution in [2.24, 2.45) is 0 Å². The van der Waals surface area contributed by atoms with E-state index in [1.54, 1.807) is 18.2 Å². The second kappa shape index (κ2) is 5.24. The summed E-state index contributed by atoms with van der Waals surface area (Å²) in [5, 5.41) is 14.1. The van der Waals surface area contributed by atoms with Gasteiger partial charge in [0.1, 0.15) is 24.0 Å². The molecule has 1 amide bonds. The monoisotopic (exact) mass is 322 g/mol. The van der Waals surface area contributed by atoms with Crippen LogP contribution < -0.4 is 5.32 Å². The summed E-state index contributed by atoms with van der Waals surface area (Å²) < 4.78 is 11.0. The van der Waals surface area contributed by atoms with E-state index < -0.39 is 6.10 Å². The van der Waals surface area contributed by atoms with Crippen molar-refractivity contribution in [3.05, 3.63) is 35.0 Å². The van der Waals surface area contributed by atoms with Gasteiger partial charge in [0.15, 0.2) is 0 Å². The Morgan fingerprint density at radius 2 is 2.09 bits per heavy atom. The summed E-state index contributed by atoms with van der Waals surface area (Å²) in [6.07, 6.45) is -1.27. The van der Waals surface area contributed by atoms with Crippen LogP contribution in [0.5, 0.6) is 0 Å². The Hall–Kier alpha value is -1.60. The first-order chi connectivity index (χ1) is 10.6. The Balaban J connectivity index is 1.51. The number of aromatic amines is 1. The van der Waals surface area contributed by atoms with E-state index in [4.69, 9.17) is 21.1 Å². The van der Waals surface area contributed by atoms with Gasteiger partial charge < -0.3 is 24.9 Å². The number of hydrogen-bond donors (Lipinski definition) is 3. The highest BCUT2D eigenvalue weighted by Gasteiger charge is 2.47. The number of H-pyrrole nitrogens is 1. The van der Waals surface area contributed by atoms with E-state index in [0.717, 1.165) is 10.9 Å². The first kappa shape index (κ1) is 14.0. The average molecular weight is 323 g/mol. The van der Waals surface area contributed by atoms with Crippen molar-refractivity contribution in [3.8, 4) is 0 Å². The SMILES string of the molecule is O=C(N[C@@H]1CO[C@H]2[C@@H]1OC[C@H]2O)c1cc2cc(Cl)ccc2[nH]1. The lowest BCUT2D eigenvalue weighted by atomic mass is 10.1. The number of carbonyl (C=O) groups is 1. The molecule has 6 nitrogen and oxygen atoms in total. The van der Waals surface area contributed by atoms with Crippen LogP contribution in [-0.4, -0.2) is 53.6 Å². The molecule has 0 bridgehead atoms. The zero-order valence-corrected chi connectivity index (χ0v) is 12.3. The number of carbonyl (C=O) groups excluding carboxylic acids is 1. The van der Waals surface area contributed by atoms with Crippen LogP contribution in [0.25, 0.3) is 10.9 Å². The number of aliphatic hydroxyl groups excluding tert-OH is 1. The third kappa shape index (κ3) is 2.28. The predicted octanol–water partition coefficient (Wildman–Crippen LogP) is 1.08. The number of nitrogens with one attached hydrogen (secondary N) is 2. The zero-order chi connectivity index (χ0) is 15.3. The molecular weight excluding hydrogens is 308 g/mol. The molecule has 1 aromatic carbocycles. The fourth-order valence-corrected chi connectivity index (χ4v) is 3.26. The lowest BCUT2D eigenvalue weighted by Gasteiger charge is -2.16. The molecule has 2 aromatic rings. The predicted molar refractivity (Wildman–Crippen MR) is 80.0 cm³/mol. The van der Waals surface area contributed by atoms with Gasteiger partial charge in [-0.3, -0.25) is 4.79 Å². The van der Waals surface area contributed by atoms with Gasteiger partial charge in [-0.05, 0) is 24.3 Å². The smallest absolute Gasteiger partial charge is 0.268 e. The molecule has 0 radical (unpaired) electrons. The second-order valence-electron chi connectivity index (χ2n) is 5.66. The Morgan fingerprint density at radius 3 is 2.95 bits per heavy atom. The fourth-order valence-electron chi connectivity index (χ4n) is 3.07. The van der Waals surface area contributed by atoms with Gasteiger partial charge in [-0.2, -0.15) is 0 Å². The van der Waals surface area contributed by atoms with Gasteiger partial charge in [0.25, 0.3) is 5.91 Å². The Morgan fingerprint density at radius 1 is 1.27 bits per heavy atom. The van der Waals surface area contributed by atoms with Crippen LogP contribution in [0, 0.1) is 0 Å². The van der Waals surface area contributed by atoms with Crippen molar-refractivity contribution >= 4 is 28.4 Å². The normalized spacial score (nSPS) is 30.6. The van der Waals surface area contributed by atoms with E-state index in [1.807, 2.05) is 6.07 Å². The van der Waals surface area contributed by atoms with Crippen molar-refractivity contribution in [2.75, 3.05) is 13.2 Å². The van der Waals surface area contributed by atoms with Crippen molar-refractivity contribution in [2.45, 2.75) is 24.4 Å². The molecule has 2 aliphatic rings. The molecule has 4 atom stereocenters. The molecule has 0 saturated carbocycles. The molecule has 116 valence electrons. The number of benzene rings is 1. The number of aliphatic hydroxyl groups is 1. The van der Waals surface area contributed by atoms with Crippen LogP contribution in [-0.2, 0) is 9.47 Å². The van der Waals surface area contributed by atoms with Crippen LogP contribution in [0.1, 0.15) is 10.5 Å². The maximum atomic E-state index is 12.4. The second-order valence-corrected chi connectivity index (χ2v) is 6.09. The molecule has 0 spiro atoms. The molecule has 3 N–H and O–H groups in total. The summed E-state index contributed by atoms with van der Waals surface area (Å²) in [4.78, 5) is 15.4. The van der Waals surface area contributed by atoms with E-state index in [0.29, 0.717) is 17.3 Å². The Kier molecular flexibility index (Phi) is 3.34. The molecule has 7 heteroatoms. The molecule has 3 heterocycles.